The zero-order chi connectivity index (χ0) is 19.9. The van der Waals surface area contributed by atoms with Crippen molar-refractivity contribution >= 4 is 26.3 Å². The van der Waals surface area contributed by atoms with Crippen LogP contribution in [0.2, 0.25) is 0 Å². The first-order valence-corrected chi connectivity index (χ1v) is 10.6. The van der Waals surface area contributed by atoms with Gasteiger partial charge in [0.2, 0.25) is 10.0 Å². The fourth-order valence-corrected chi connectivity index (χ4v) is 4.96. The zero-order valence-electron chi connectivity index (χ0n) is 14.7. The molecular formula is C19H15F2N3O2S2. The summed E-state index contributed by atoms with van der Waals surface area (Å²) in [5, 5.41) is 0. The number of fused-ring (bicyclic) bond motifs is 1. The van der Waals surface area contributed by atoms with Crippen molar-refractivity contribution in [1.29, 1.82) is 0 Å². The van der Waals surface area contributed by atoms with Gasteiger partial charge >= 0.3 is 0 Å². The van der Waals surface area contributed by atoms with Gasteiger partial charge in [-0.2, -0.15) is 0 Å². The molecule has 4 rings (SSSR count). The van der Waals surface area contributed by atoms with Crippen LogP contribution in [0.25, 0.3) is 16.2 Å². The Morgan fingerprint density at radius 1 is 1.11 bits per heavy atom. The van der Waals surface area contributed by atoms with Crippen molar-refractivity contribution in [2.75, 3.05) is 0 Å². The number of thiazole rings is 1. The fourth-order valence-electron chi connectivity index (χ4n) is 2.80. The van der Waals surface area contributed by atoms with Crippen LogP contribution in [0, 0.1) is 18.6 Å². The molecular weight excluding hydrogens is 404 g/mol. The molecule has 4 aromatic rings. The second kappa shape index (κ2) is 7.08. The molecule has 0 spiro atoms. The number of benzene rings is 2. The van der Waals surface area contributed by atoms with E-state index in [-0.39, 0.29) is 17.3 Å². The molecule has 0 atom stereocenters. The number of nitrogens with zero attached hydrogens (tertiary/aromatic N) is 2. The van der Waals surface area contributed by atoms with E-state index in [0.29, 0.717) is 10.7 Å². The van der Waals surface area contributed by atoms with Crippen molar-refractivity contribution in [3.8, 4) is 11.3 Å². The lowest BCUT2D eigenvalue weighted by atomic mass is 10.2. The maximum absolute atomic E-state index is 13.3. The molecule has 0 amide bonds. The Bertz CT molecular complexity index is 1260. The number of hydrogen-bond donors (Lipinski definition) is 1. The maximum atomic E-state index is 13.3. The van der Waals surface area contributed by atoms with E-state index in [1.807, 2.05) is 17.5 Å². The van der Waals surface area contributed by atoms with Crippen LogP contribution >= 0.6 is 11.3 Å². The molecule has 0 saturated carbocycles. The number of imidazole rings is 1. The van der Waals surface area contributed by atoms with Crippen LogP contribution in [-0.2, 0) is 16.6 Å². The molecule has 0 aliphatic heterocycles. The summed E-state index contributed by atoms with van der Waals surface area (Å²) < 4.78 is 55.5. The van der Waals surface area contributed by atoms with Gasteiger partial charge in [-0.3, -0.25) is 4.40 Å². The predicted octanol–water partition coefficient (Wildman–Crippen LogP) is 4.13. The molecule has 9 heteroatoms. The van der Waals surface area contributed by atoms with Crippen molar-refractivity contribution in [1.82, 2.24) is 14.1 Å². The van der Waals surface area contributed by atoms with Crippen LogP contribution in [0.4, 0.5) is 8.78 Å². The Morgan fingerprint density at radius 3 is 2.54 bits per heavy atom. The van der Waals surface area contributed by atoms with E-state index < -0.39 is 15.8 Å². The molecule has 0 bridgehead atoms. The largest absolute Gasteiger partial charge is 0.294 e. The topological polar surface area (TPSA) is 63.5 Å². The van der Waals surface area contributed by atoms with Gasteiger partial charge in [-0.15, -0.1) is 0 Å². The Balaban J connectivity index is 1.57. The third kappa shape index (κ3) is 3.56. The monoisotopic (exact) mass is 419 g/mol. The van der Waals surface area contributed by atoms with Gasteiger partial charge in [0.25, 0.3) is 0 Å². The van der Waals surface area contributed by atoms with Crippen LogP contribution in [0.5, 0.6) is 0 Å². The first kappa shape index (κ1) is 18.7. The summed E-state index contributed by atoms with van der Waals surface area (Å²) in [6, 6.07) is 10.9. The molecule has 5 nitrogen and oxygen atoms in total. The lowest BCUT2D eigenvalue weighted by Gasteiger charge is -2.06. The molecule has 2 heterocycles. The third-order valence-corrected chi connectivity index (χ3v) is 6.88. The van der Waals surface area contributed by atoms with E-state index in [1.54, 1.807) is 12.1 Å². The minimum Gasteiger partial charge on any atom is -0.294 e. The third-order valence-electron chi connectivity index (χ3n) is 4.32. The first-order chi connectivity index (χ1) is 13.3. The second-order valence-corrected chi connectivity index (χ2v) is 9.01. The predicted molar refractivity (Wildman–Crippen MR) is 104 cm³/mol. The van der Waals surface area contributed by atoms with Crippen LogP contribution < -0.4 is 4.72 Å². The van der Waals surface area contributed by atoms with E-state index >= 15 is 0 Å². The summed E-state index contributed by atoms with van der Waals surface area (Å²) in [5.41, 5.74) is 2.36. The van der Waals surface area contributed by atoms with E-state index in [4.69, 9.17) is 0 Å². The van der Waals surface area contributed by atoms with Gasteiger partial charge in [0.1, 0.15) is 11.6 Å². The molecule has 0 radical (unpaired) electrons. The number of aromatic nitrogens is 2. The maximum Gasteiger partial charge on any atom is 0.241 e. The van der Waals surface area contributed by atoms with E-state index in [1.165, 1.54) is 41.7 Å². The summed E-state index contributed by atoms with van der Waals surface area (Å²) >= 11 is 1.36. The SMILES string of the molecule is Cc1c(CNS(=O)(=O)c2cccc(F)c2)sc2nc(-c3ccc(F)cc3)cn12. The smallest absolute Gasteiger partial charge is 0.241 e. The summed E-state index contributed by atoms with van der Waals surface area (Å²) in [5.74, 6) is -0.921. The van der Waals surface area contributed by atoms with Crippen molar-refractivity contribution < 1.29 is 17.2 Å². The van der Waals surface area contributed by atoms with Crippen molar-refractivity contribution in [3.05, 3.63) is 76.9 Å². The number of rotatable bonds is 5. The average Bonchev–Trinajstić information content (AvgIpc) is 3.20. The second-order valence-electron chi connectivity index (χ2n) is 6.18. The summed E-state index contributed by atoms with van der Waals surface area (Å²) in [6.07, 6.45) is 1.83. The molecule has 0 aliphatic carbocycles. The van der Waals surface area contributed by atoms with Gasteiger partial charge in [-0.1, -0.05) is 17.4 Å². The van der Waals surface area contributed by atoms with Gasteiger partial charge in [-0.05, 0) is 49.4 Å². The number of sulfonamides is 1. The van der Waals surface area contributed by atoms with Gasteiger partial charge in [-0.25, -0.2) is 26.9 Å². The number of aryl methyl sites for hydroxylation is 1. The summed E-state index contributed by atoms with van der Waals surface area (Å²) in [6.45, 7) is 1.94. The summed E-state index contributed by atoms with van der Waals surface area (Å²) in [7, 11) is -3.82. The van der Waals surface area contributed by atoms with Crippen molar-refractivity contribution in [2.45, 2.75) is 18.4 Å². The quantitative estimate of drug-likeness (QED) is 0.529. The molecule has 28 heavy (non-hydrogen) atoms. The highest BCUT2D eigenvalue weighted by atomic mass is 32.2. The van der Waals surface area contributed by atoms with Crippen LogP contribution in [0.15, 0.2) is 59.6 Å². The zero-order valence-corrected chi connectivity index (χ0v) is 16.3. The molecule has 0 saturated heterocycles. The molecule has 0 unspecified atom stereocenters. The van der Waals surface area contributed by atoms with Crippen LogP contribution in [0.3, 0.4) is 0 Å². The molecule has 0 aliphatic rings. The normalized spacial score (nSPS) is 12.0. The Kier molecular flexibility index (Phi) is 4.74. The minimum absolute atomic E-state index is 0.0740. The lowest BCUT2D eigenvalue weighted by molar-refractivity contribution is 0.577. The number of hydrogen-bond acceptors (Lipinski definition) is 4. The number of nitrogens with one attached hydrogen (secondary N) is 1. The van der Waals surface area contributed by atoms with Gasteiger partial charge < -0.3 is 0 Å². The van der Waals surface area contributed by atoms with Gasteiger partial charge in [0.05, 0.1) is 10.6 Å². The molecule has 2 aromatic carbocycles. The number of halogens is 2. The van der Waals surface area contributed by atoms with E-state index in [0.717, 1.165) is 22.2 Å². The van der Waals surface area contributed by atoms with E-state index in [9.17, 15) is 17.2 Å². The van der Waals surface area contributed by atoms with E-state index in [2.05, 4.69) is 9.71 Å². The van der Waals surface area contributed by atoms with Gasteiger partial charge in [0, 0.05) is 28.9 Å². The first-order valence-electron chi connectivity index (χ1n) is 8.32. The van der Waals surface area contributed by atoms with Crippen LogP contribution in [0.1, 0.15) is 10.6 Å². The van der Waals surface area contributed by atoms with Crippen molar-refractivity contribution in [2.24, 2.45) is 0 Å². The standard InChI is InChI=1S/C19H15F2N3O2S2/c1-12-18(10-22-28(25,26)16-4-2-3-15(21)9-16)27-19-23-17(11-24(12)19)13-5-7-14(20)8-6-13/h2-9,11,22H,10H2,1H3. The Hall–Kier alpha value is -2.62. The Morgan fingerprint density at radius 2 is 1.86 bits per heavy atom. The highest BCUT2D eigenvalue weighted by molar-refractivity contribution is 7.89. The van der Waals surface area contributed by atoms with Gasteiger partial charge in [0.15, 0.2) is 4.96 Å². The summed E-state index contributed by atoms with van der Waals surface area (Å²) in [4.78, 5) is 5.92. The highest BCUT2D eigenvalue weighted by Gasteiger charge is 2.18. The average molecular weight is 419 g/mol. The van der Waals surface area contributed by atoms with Crippen molar-refractivity contribution in [3.63, 3.8) is 0 Å². The fraction of sp³-hybridized carbons (Fsp3) is 0.105. The molecule has 1 N–H and O–H groups in total. The molecule has 144 valence electrons. The Labute approximate surface area is 164 Å². The highest BCUT2D eigenvalue weighted by Crippen LogP contribution is 2.27. The lowest BCUT2D eigenvalue weighted by Crippen LogP contribution is -2.23. The minimum atomic E-state index is -3.82. The molecule has 2 aromatic heterocycles. The molecule has 0 fully saturated rings. The van der Waals surface area contributed by atoms with Crippen LogP contribution in [-0.4, -0.2) is 17.8 Å².